The summed E-state index contributed by atoms with van der Waals surface area (Å²) in [6.45, 7) is 4.58. The van der Waals surface area contributed by atoms with Crippen molar-refractivity contribution in [2.45, 2.75) is 39.2 Å². The molecule has 8 heteroatoms. The molecule has 34 heavy (non-hydrogen) atoms. The van der Waals surface area contributed by atoms with E-state index in [1.165, 1.54) is 6.07 Å². The molecule has 1 fully saturated rings. The number of likely N-dealkylation sites (tertiary alicyclic amines) is 1. The minimum atomic E-state index is -0.517. The van der Waals surface area contributed by atoms with Crippen LogP contribution >= 0.6 is 0 Å². The van der Waals surface area contributed by atoms with E-state index < -0.39 is 5.97 Å². The lowest BCUT2D eigenvalue weighted by atomic mass is 10.0. The van der Waals surface area contributed by atoms with Gasteiger partial charge in [0.15, 0.2) is 0 Å². The van der Waals surface area contributed by atoms with Crippen LogP contribution in [0.15, 0.2) is 42.5 Å². The minimum absolute atomic E-state index is 0.0575. The molecule has 1 amide bonds. The van der Waals surface area contributed by atoms with Crippen LogP contribution < -0.4 is 10.5 Å². The van der Waals surface area contributed by atoms with Crippen molar-refractivity contribution in [2.24, 2.45) is 0 Å². The number of anilines is 1. The van der Waals surface area contributed by atoms with Crippen LogP contribution in [0.2, 0.25) is 0 Å². The Bertz CT molecular complexity index is 1230. The maximum absolute atomic E-state index is 13.1. The van der Waals surface area contributed by atoms with Crippen LogP contribution in [-0.2, 0) is 4.74 Å². The minimum Gasteiger partial charge on any atom is -0.508 e. The van der Waals surface area contributed by atoms with Gasteiger partial charge in [0.2, 0.25) is 0 Å². The number of rotatable bonds is 6. The predicted molar refractivity (Wildman–Crippen MR) is 129 cm³/mol. The van der Waals surface area contributed by atoms with Gasteiger partial charge in [-0.15, -0.1) is 0 Å². The lowest BCUT2D eigenvalue weighted by molar-refractivity contribution is 0.0519. The maximum atomic E-state index is 13.1. The molecule has 1 saturated heterocycles. The Kier molecular flexibility index (Phi) is 6.86. The van der Waals surface area contributed by atoms with Gasteiger partial charge >= 0.3 is 5.97 Å². The number of aromatic nitrogens is 1. The Morgan fingerprint density at radius 3 is 2.76 bits per heavy atom. The summed E-state index contributed by atoms with van der Waals surface area (Å²) in [6, 6.07) is 11.7. The second-order valence-corrected chi connectivity index (χ2v) is 8.37. The van der Waals surface area contributed by atoms with E-state index in [9.17, 15) is 14.7 Å². The van der Waals surface area contributed by atoms with Crippen molar-refractivity contribution in [3.05, 3.63) is 59.3 Å². The number of hydrogen-bond acceptors (Lipinski definition) is 7. The number of carbonyl (C=O) groups excluding carboxylic acids is 2. The molecule has 2 heterocycles. The van der Waals surface area contributed by atoms with Gasteiger partial charge < -0.3 is 25.2 Å². The van der Waals surface area contributed by atoms with E-state index in [2.05, 4.69) is 4.98 Å². The lowest BCUT2D eigenvalue weighted by Gasteiger charge is -2.35. The highest BCUT2D eigenvalue weighted by Crippen LogP contribution is 2.34. The fourth-order valence-electron chi connectivity index (χ4n) is 4.45. The van der Waals surface area contributed by atoms with Crippen molar-refractivity contribution in [1.29, 1.82) is 0 Å². The third kappa shape index (κ3) is 4.62. The number of hydrogen-bond donors (Lipinski definition) is 2. The van der Waals surface area contributed by atoms with E-state index in [4.69, 9.17) is 15.2 Å². The van der Waals surface area contributed by atoms with Crippen LogP contribution in [0, 0.1) is 6.92 Å². The summed E-state index contributed by atoms with van der Waals surface area (Å²) in [5.41, 5.74) is 8.49. The Morgan fingerprint density at radius 2 is 2.00 bits per heavy atom. The highest BCUT2D eigenvalue weighted by Gasteiger charge is 2.29. The smallest absolute Gasteiger partial charge is 0.342 e. The van der Waals surface area contributed by atoms with Gasteiger partial charge in [0.1, 0.15) is 23.7 Å². The van der Waals surface area contributed by atoms with Crippen LogP contribution in [0.4, 0.5) is 5.69 Å². The molecular formula is C26H29N3O5. The molecule has 178 valence electrons. The zero-order valence-electron chi connectivity index (χ0n) is 19.4. The van der Waals surface area contributed by atoms with E-state index >= 15 is 0 Å². The topological polar surface area (TPSA) is 115 Å². The molecule has 0 aliphatic carbocycles. The number of nitrogens with two attached hydrogens (primary N) is 1. The number of carbonyl (C=O) groups is 2. The Labute approximate surface area is 198 Å². The molecule has 1 aromatic heterocycles. The molecule has 3 aromatic rings. The largest absolute Gasteiger partial charge is 0.508 e. The number of esters is 1. The molecule has 1 aliphatic rings. The lowest BCUT2D eigenvalue weighted by Crippen LogP contribution is -2.46. The Morgan fingerprint density at radius 1 is 1.21 bits per heavy atom. The second-order valence-electron chi connectivity index (χ2n) is 8.37. The average Bonchev–Trinajstić information content (AvgIpc) is 2.82. The third-order valence-electron chi connectivity index (χ3n) is 6.08. The summed E-state index contributed by atoms with van der Waals surface area (Å²) in [6.07, 6.45) is 2.70. The highest BCUT2D eigenvalue weighted by atomic mass is 16.5. The molecule has 0 radical (unpaired) electrons. The van der Waals surface area contributed by atoms with Crippen molar-refractivity contribution in [1.82, 2.24) is 9.88 Å². The van der Waals surface area contributed by atoms with Crippen LogP contribution in [-0.4, -0.2) is 52.7 Å². The number of fused-ring (bicyclic) bond motifs is 1. The fourth-order valence-corrected chi connectivity index (χ4v) is 4.45. The van der Waals surface area contributed by atoms with Crippen molar-refractivity contribution in [3.8, 4) is 11.5 Å². The van der Waals surface area contributed by atoms with Gasteiger partial charge in [-0.25, -0.2) is 4.79 Å². The molecule has 2 aromatic carbocycles. The first kappa shape index (κ1) is 23.4. The van der Waals surface area contributed by atoms with Crippen LogP contribution in [0.1, 0.15) is 52.6 Å². The molecule has 8 nitrogen and oxygen atoms in total. The van der Waals surface area contributed by atoms with E-state index in [0.717, 1.165) is 19.3 Å². The molecule has 0 spiro atoms. The number of phenols is 1. The van der Waals surface area contributed by atoms with Gasteiger partial charge in [0, 0.05) is 12.1 Å². The maximum Gasteiger partial charge on any atom is 0.342 e. The summed E-state index contributed by atoms with van der Waals surface area (Å²) in [7, 11) is 0. The summed E-state index contributed by atoms with van der Waals surface area (Å²) in [5.74, 6) is -0.0918. The molecule has 0 bridgehead atoms. The highest BCUT2D eigenvalue weighted by molar-refractivity contribution is 6.07. The molecule has 1 unspecified atom stereocenters. The van der Waals surface area contributed by atoms with Gasteiger partial charge in [0.25, 0.3) is 5.91 Å². The fraction of sp³-hybridized carbons (Fsp3) is 0.346. The Balaban J connectivity index is 1.61. The quantitative estimate of drug-likeness (QED) is 0.529. The number of phenolic OH excluding ortho intramolecular Hbond substituents is 1. The third-order valence-corrected chi connectivity index (χ3v) is 6.08. The number of aromatic hydroxyl groups is 1. The van der Waals surface area contributed by atoms with E-state index in [0.29, 0.717) is 34.5 Å². The second kappa shape index (κ2) is 9.99. The van der Waals surface area contributed by atoms with Gasteiger partial charge in [-0.3, -0.25) is 9.78 Å². The summed E-state index contributed by atoms with van der Waals surface area (Å²) >= 11 is 0. The van der Waals surface area contributed by atoms with Crippen molar-refractivity contribution >= 4 is 28.5 Å². The first-order chi connectivity index (χ1) is 16.4. The number of nitrogens with zero attached hydrogens (tertiary/aromatic N) is 2. The molecule has 0 saturated carbocycles. The first-order valence-electron chi connectivity index (χ1n) is 11.5. The molecule has 1 aliphatic heterocycles. The van der Waals surface area contributed by atoms with Crippen molar-refractivity contribution < 1.29 is 24.2 Å². The summed E-state index contributed by atoms with van der Waals surface area (Å²) in [4.78, 5) is 32.0. The molecule has 1 atom stereocenters. The summed E-state index contributed by atoms with van der Waals surface area (Å²) in [5, 5.41) is 10.3. The average molecular weight is 464 g/mol. The number of benzene rings is 2. The number of aryl methyl sites for hydroxylation is 1. The van der Waals surface area contributed by atoms with E-state index in [1.54, 1.807) is 43.0 Å². The number of amides is 1. The monoisotopic (exact) mass is 463 g/mol. The van der Waals surface area contributed by atoms with Gasteiger partial charge in [0.05, 0.1) is 34.9 Å². The van der Waals surface area contributed by atoms with Crippen LogP contribution in [0.5, 0.6) is 11.5 Å². The van der Waals surface area contributed by atoms with Crippen LogP contribution in [0.3, 0.4) is 0 Å². The SMILES string of the molecule is CCOC(=O)c1c(C)nc2cccc(OCC3CCCCN3C(=O)c3cccc(O)c3)c2c1N. The molecule has 4 rings (SSSR count). The Hall–Kier alpha value is -3.81. The summed E-state index contributed by atoms with van der Waals surface area (Å²) < 4.78 is 11.4. The van der Waals surface area contributed by atoms with E-state index in [-0.39, 0.29) is 42.2 Å². The van der Waals surface area contributed by atoms with E-state index in [1.807, 2.05) is 12.1 Å². The zero-order valence-corrected chi connectivity index (χ0v) is 19.4. The van der Waals surface area contributed by atoms with Crippen molar-refractivity contribution in [2.75, 3.05) is 25.5 Å². The zero-order chi connectivity index (χ0) is 24.2. The standard InChI is InChI=1S/C26H29N3O5/c1-3-33-26(32)22-16(2)28-20-11-7-12-21(23(20)24(22)27)34-15-18-9-4-5-13-29(18)25(31)17-8-6-10-19(30)14-17/h6-8,10-12,14,18,30H,3-5,9,13,15H2,1-2H3,(H2,27,28). The van der Waals surface area contributed by atoms with Gasteiger partial charge in [-0.2, -0.15) is 0 Å². The van der Waals surface area contributed by atoms with Crippen LogP contribution in [0.25, 0.3) is 10.9 Å². The normalized spacial score (nSPS) is 15.8. The number of pyridine rings is 1. The first-order valence-corrected chi connectivity index (χ1v) is 11.5. The number of ether oxygens (including phenoxy) is 2. The molecular weight excluding hydrogens is 434 g/mol. The van der Waals surface area contributed by atoms with Crippen molar-refractivity contribution in [3.63, 3.8) is 0 Å². The van der Waals surface area contributed by atoms with Gasteiger partial charge in [-0.05, 0) is 63.4 Å². The number of nitrogen functional groups attached to an aromatic ring is 1. The predicted octanol–water partition coefficient (Wildman–Crippen LogP) is 4.08. The number of piperidine rings is 1. The van der Waals surface area contributed by atoms with Gasteiger partial charge in [-0.1, -0.05) is 12.1 Å². The molecule has 3 N–H and O–H groups in total.